The zero-order valence-corrected chi connectivity index (χ0v) is 17.6. The maximum atomic E-state index is 10.6. The molecule has 2 heterocycles. The van der Waals surface area contributed by atoms with E-state index in [-0.39, 0.29) is 51.4 Å². The summed E-state index contributed by atoms with van der Waals surface area (Å²) < 4.78 is 14.9. The van der Waals surface area contributed by atoms with Crippen LogP contribution >= 0.6 is 0 Å². The predicted molar refractivity (Wildman–Crippen MR) is 74.8 cm³/mol. The van der Waals surface area contributed by atoms with Crippen LogP contribution in [0.4, 0.5) is 0 Å². The zero-order valence-electron chi connectivity index (χ0n) is 14.5. The first-order valence-electron chi connectivity index (χ1n) is 7.58. The molecule has 0 bridgehead atoms. The molecule has 0 aromatic carbocycles. The summed E-state index contributed by atoms with van der Waals surface area (Å²) in [5.74, 6) is -2.92. The third-order valence-electron chi connectivity index (χ3n) is 4.14. The van der Waals surface area contributed by atoms with E-state index in [2.05, 4.69) is 4.84 Å². The van der Waals surface area contributed by atoms with Crippen molar-refractivity contribution in [3.63, 3.8) is 0 Å². The molecule has 2 aliphatic rings. The largest absolute Gasteiger partial charge is 1.00 e. The van der Waals surface area contributed by atoms with Gasteiger partial charge in [-0.25, -0.2) is 0 Å². The van der Waals surface area contributed by atoms with Crippen LogP contribution in [0.25, 0.3) is 0 Å². The zero-order chi connectivity index (χ0) is 20.5. The molecule has 2 fully saturated rings. The molecule has 16 heteroatoms. The molecule has 2 saturated heterocycles. The maximum absolute atomic E-state index is 10.6. The first kappa shape index (κ1) is 26.4. The van der Waals surface area contributed by atoms with Crippen molar-refractivity contribution in [2.75, 3.05) is 13.2 Å². The molecule has 2 aliphatic heterocycles. The van der Waals surface area contributed by atoms with E-state index in [4.69, 9.17) is 14.2 Å². The summed E-state index contributed by atoms with van der Waals surface area (Å²) in [4.78, 5) is 14.7. The Hall–Kier alpha value is 0.396. The van der Waals surface area contributed by atoms with Crippen LogP contribution < -0.4 is 51.4 Å². The molecule has 28 heavy (non-hydrogen) atoms. The van der Waals surface area contributed by atoms with Gasteiger partial charge in [0.05, 0.1) is 13.2 Å². The van der Waals surface area contributed by atoms with E-state index in [1.165, 1.54) is 0 Å². The molecule has 158 valence electrons. The van der Waals surface area contributed by atoms with Gasteiger partial charge in [-0.2, -0.15) is 0 Å². The number of rotatable bonds is 6. The van der Waals surface area contributed by atoms with E-state index in [0.29, 0.717) is 0 Å². The molecule has 8 N–H and O–H groups in total. The van der Waals surface area contributed by atoms with Gasteiger partial charge in [-0.05, 0) is 6.10 Å². The molecule has 15 nitrogen and oxygen atoms in total. The van der Waals surface area contributed by atoms with E-state index in [9.17, 15) is 51.0 Å². The molecule has 0 unspecified atom stereocenters. The van der Waals surface area contributed by atoms with Crippen molar-refractivity contribution in [2.45, 2.75) is 55.0 Å². The molecule has 2 rings (SSSR count). The first-order chi connectivity index (χ1) is 12.6. The predicted octanol–water partition coefficient (Wildman–Crippen LogP) is -8.31. The molecule has 0 aromatic rings. The second-order valence-electron chi connectivity index (χ2n) is 5.86. The van der Waals surface area contributed by atoms with Crippen molar-refractivity contribution < 1.29 is 116 Å². The summed E-state index contributed by atoms with van der Waals surface area (Å²) in [7, 11) is 0. The van der Waals surface area contributed by atoms with Crippen molar-refractivity contribution in [1.82, 2.24) is 0 Å². The van der Waals surface area contributed by atoms with Gasteiger partial charge in [-0.1, -0.05) is 0 Å². The number of aliphatic hydroxyl groups excluding tert-OH is 8. The van der Waals surface area contributed by atoms with Crippen LogP contribution in [0.3, 0.4) is 0 Å². The second kappa shape index (κ2) is 10.6. The summed E-state index contributed by atoms with van der Waals surface area (Å²) in [6, 6.07) is 0. The van der Waals surface area contributed by atoms with E-state index >= 15 is 0 Å². The van der Waals surface area contributed by atoms with Gasteiger partial charge in [0.25, 0.3) is 5.09 Å². The number of aliphatic hydroxyl groups is 8. The third kappa shape index (κ3) is 5.17. The summed E-state index contributed by atoms with van der Waals surface area (Å²) in [5.41, 5.74) is 0. The Morgan fingerprint density at radius 2 is 1.71 bits per heavy atom. The average Bonchev–Trinajstić information content (AvgIpc) is 2.63. The normalized spacial score (nSPS) is 44.6. The summed E-state index contributed by atoms with van der Waals surface area (Å²) >= 11 is 0. The van der Waals surface area contributed by atoms with Crippen molar-refractivity contribution in [2.24, 2.45) is 0 Å². The maximum Gasteiger partial charge on any atom is 1.00 e. The second-order valence-corrected chi connectivity index (χ2v) is 5.86. The Labute approximate surface area is 199 Å². The van der Waals surface area contributed by atoms with Gasteiger partial charge < -0.3 is 59.9 Å². The van der Waals surface area contributed by atoms with Gasteiger partial charge in [0.2, 0.25) is 0 Å². The van der Waals surface area contributed by atoms with E-state index in [0.717, 1.165) is 0 Å². The molecular weight excluding hydrogens is 421 g/mol. The molecule has 0 aromatic heterocycles. The fraction of sp³-hybridized carbons (Fsp3) is 0.917. The number of ether oxygens (including phenoxy) is 3. The molecular formula is C12H20KNO14. The Morgan fingerprint density at radius 3 is 2.21 bits per heavy atom. The minimum absolute atomic E-state index is 0. The summed E-state index contributed by atoms with van der Waals surface area (Å²) in [6.45, 7) is -2.21. The minimum Gasteiger partial charge on any atom is -0.556 e. The molecule has 9 atom stereocenters. The van der Waals surface area contributed by atoms with Crippen LogP contribution in [0.2, 0.25) is 0 Å². The van der Waals surface area contributed by atoms with E-state index in [1.807, 2.05) is 0 Å². The number of hydrogen-bond donors (Lipinski definition) is 8. The molecule has 0 saturated carbocycles. The van der Waals surface area contributed by atoms with Gasteiger partial charge in [0.15, 0.2) is 12.6 Å². The van der Waals surface area contributed by atoms with E-state index < -0.39 is 79.4 Å². The molecule has 0 aliphatic carbocycles. The van der Waals surface area contributed by atoms with Crippen molar-refractivity contribution in [3.8, 4) is 0 Å². The van der Waals surface area contributed by atoms with Crippen molar-refractivity contribution in [3.05, 3.63) is 16.2 Å². The van der Waals surface area contributed by atoms with Crippen molar-refractivity contribution in [1.29, 1.82) is 0 Å². The van der Waals surface area contributed by atoms with Crippen molar-refractivity contribution >= 4 is 0 Å². The monoisotopic (exact) mass is 441 g/mol. The topological polar surface area (TPSA) is 242 Å². The van der Waals surface area contributed by atoms with Gasteiger partial charge >= 0.3 is 51.4 Å². The van der Waals surface area contributed by atoms with Gasteiger partial charge in [0.1, 0.15) is 36.3 Å². The van der Waals surface area contributed by atoms with Gasteiger partial charge in [-0.15, -0.1) is 16.2 Å². The quantitative estimate of drug-likeness (QED) is 0.0826. The van der Waals surface area contributed by atoms with Crippen LogP contribution in [0.1, 0.15) is 0 Å². The molecule has 0 spiro atoms. The third-order valence-corrected chi connectivity index (χ3v) is 4.14. The molecule has 0 radical (unpaired) electrons. The number of nitrogens with zero attached hydrogens (tertiary/aromatic N) is 1. The fourth-order valence-corrected chi connectivity index (χ4v) is 2.69. The summed E-state index contributed by atoms with van der Waals surface area (Å²) in [5, 5.41) is 86.6. The Kier molecular flexibility index (Phi) is 10.0. The Morgan fingerprint density at radius 1 is 1.11 bits per heavy atom. The molecule has 0 amide bonds. The first-order valence-corrected chi connectivity index (χ1v) is 7.58. The van der Waals surface area contributed by atoms with Crippen LogP contribution in [0, 0.1) is 16.2 Å². The standard InChI is InChI=1S/C12H20NO14.K/c14-1-3-8(4(16)6(18)10(21)24-3)25-11-7(19)5(17)9(20)12(2-15,26-11)27-13(22)23;/h3-8,10-11,14-21H,1-2H2;/q-1;+1/t3-,4-,5+,6-,7-,8-,10-,11+,12-;/m1./s1. The number of hydrogen-bond acceptors (Lipinski definition) is 14. The fourth-order valence-electron chi connectivity index (χ4n) is 2.69. The van der Waals surface area contributed by atoms with Crippen LogP contribution in [0.5, 0.6) is 0 Å². The van der Waals surface area contributed by atoms with Gasteiger partial charge in [0, 0.05) is 0 Å². The van der Waals surface area contributed by atoms with Crippen LogP contribution in [-0.2, 0) is 19.0 Å². The smallest absolute Gasteiger partial charge is 0.556 e. The van der Waals surface area contributed by atoms with Gasteiger partial charge in [-0.3, -0.25) is 0 Å². The van der Waals surface area contributed by atoms with E-state index in [1.54, 1.807) is 0 Å². The summed E-state index contributed by atoms with van der Waals surface area (Å²) in [6.07, 6.45) is -16.4. The average molecular weight is 441 g/mol. The Bertz CT molecular complexity index is 527. The Balaban J connectivity index is 0.00000392. The van der Waals surface area contributed by atoms with Crippen LogP contribution in [0.15, 0.2) is 0 Å². The SMILES string of the molecule is O=[N+]([O-])O[C@@]1(CO)O[C@H](O[C@H]2[C@H](O)[C@@H](O)[C@H](O)O[C@@H]2CO)[C@H](O)[C@H](O)[C-]1O.[K+]. The minimum atomic E-state index is -2.92. The van der Waals surface area contributed by atoms with Crippen LogP contribution in [-0.4, -0.2) is 114 Å².